The topological polar surface area (TPSA) is 90.7 Å². The van der Waals surface area contributed by atoms with E-state index in [1.807, 2.05) is 0 Å². The second kappa shape index (κ2) is 8.09. The average Bonchev–Trinajstić information content (AvgIpc) is 2.59. The maximum Gasteiger partial charge on any atom is 0.286 e. The van der Waals surface area contributed by atoms with Crippen molar-refractivity contribution < 1.29 is 23.6 Å². The fourth-order valence-electron chi connectivity index (χ4n) is 2.23. The van der Waals surface area contributed by atoms with E-state index in [1.165, 1.54) is 31.4 Å². The molecule has 0 aliphatic carbocycles. The number of hydrogen-bond acceptors (Lipinski definition) is 5. The minimum Gasteiger partial charge on any atom is -0.493 e. The number of nitrogens with zero attached hydrogens (tertiary/aromatic N) is 1. The molecule has 0 aliphatic heterocycles. The van der Waals surface area contributed by atoms with E-state index < -0.39 is 22.3 Å². The van der Waals surface area contributed by atoms with Gasteiger partial charge in [0.25, 0.3) is 11.6 Å². The summed E-state index contributed by atoms with van der Waals surface area (Å²) in [6.45, 7) is 2.05. The molecule has 0 bridgehead atoms. The van der Waals surface area contributed by atoms with E-state index in [4.69, 9.17) is 9.47 Å². The lowest BCUT2D eigenvalue weighted by Gasteiger charge is -2.12. The average molecular weight is 348 g/mol. The predicted molar refractivity (Wildman–Crippen MR) is 88.4 cm³/mol. The highest BCUT2D eigenvalue weighted by Gasteiger charge is 2.24. The summed E-state index contributed by atoms with van der Waals surface area (Å²) in [5.41, 5.74) is -0.0309. The third-order valence-electron chi connectivity index (χ3n) is 3.37. The van der Waals surface area contributed by atoms with Crippen LogP contribution in [0.5, 0.6) is 11.5 Å². The third-order valence-corrected chi connectivity index (χ3v) is 3.37. The number of ether oxygens (including phenoxy) is 2. The molecule has 2 aromatic carbocycles. The summed E-state index contributed by atoms with van der Waals surface area (Å²) in [6.07, 6.45) is 0. The van der Waals surface area contributed by atoms with Crippen molar-refractivity contribution in [1.29, 1.82) is 0 Å². The van der Waals surface area contributed by atoms with E-state index in [0.717, 1.165) is 6.07 Å². The Labute approximate surface area is 143 Å². The van der Waals surface area contributed by atoms with Gasteiger partial charge >= 0.3 is 0 Å². The normalized spacial score (nSPS) is 10.2. The van der Waals surface area contributed by atoms with Gasteiger partial charge in [0.05, 0.1) is 24.7 Å². The summed E-state index contributed by atoms with van der Waals surface area (Å²) in [6, 6.07) is 8.11. The highest BCUT2D eigenvalue weighted by molar-refractivity contribution is 5.99. The summed E-state index contributed by atoms with van der Waals surface area (Å²) in [5, 5.41) is 13.8. The maximum atomic E-state index is 13.2. The molecule has 0 saturated carbocycles. The van der Waals surface area contributed by atoms with Gasteiger partial charge in [-0.1, -0.05) is 12.1 Å². The van der Waals surface area contributed by atoms with E-state index in [0.29, 0.717) is 12.2 Å². The van der Waals surface area contributed by atoms with E-state index in [2.05, 4.69) is 5.32 Å². The van der Waals surface area contributed by atoms with Crippen LogP contribution in [-0.4, -0.2) is 24.5 Å². The van der Waals surface area contributed by atoms with Crippen LogP contribution in [0.1, 0.15) is 22.8 Å². The highest BCUT2D eigenvalue weighted by Crippen LogP contribution is 2.34. The first kappa shape index (κ1) is 18.2. The van der Waals surface area contributed by atoms with Crippen LogP contribution in [0.4, 0.5) is 10.1 Å². The zero-order chi connectivity index (χ0) is 18.4. The first-order valence-electron chi connectivity index (χ1n) is 7.48. The quantitative estimate of drug-likeness (QED) is 0.613. The van der Waals surface area contributed by atoms with Gasteiger partial charge < -0.3 is 14.8 Å². The van der Waals surface area contributed by atoms with Crippen molar-refractivity contribution >= 4 is 11.6 Å². The Morgan fingerprint density at radius 3 is 2.64 bits per heavy atom. The van der Waals surface area contributed by atoms with Crippen LogP contribution >= 0.6 is 0 Å². The second-order valence-electron chi connectivity index (χ2n) is 5.02. The first-order chi connectivity index (χ1) is 12.0. The second-order valence-corrected chi connectivity index (χ2v) is 5.02. The molecule has 0 unspecified atom stereocenters. The Balaban J connectivity index is 2.29. The van der Waals surface area contributed by atoms with Crippen molar-refractivity contribution in [3.63, 3.8) is 0 Å². The van der Waals surface area contributed by atoms with Gasteiger partial charge in [0, 0.05) is 12.6 Å². The summed E-state index contributed by atoms with van der Waals surface area (Å²) >= 11 is 0. The lowest BCUT2D eigenvalue weighted by Crippen LogP contribution is -2.24. The van der Waals surface area contributed by atoms with E-state index >= 15 is 0 Å². The SMILES string of the molecule is CCOc1cc([N+](=O)[O-])c(C(=O)NCc2cccc(F)c2)cc1OC. The maximum absolute atomic E-state index is 13.2. The summed E-state index contributed by atoms with van der Waals surface area (Å²) in [4.78, 5) is 23.0. The number of rotatable bonds is 7. The number of nitro benzene ring substituents is 1. The molecule has 8 heteroatoms. The van der Waals surface area contributed by atoms with Crippen molar-refractivity contribution in [2.75, 3.05) is 13.7 Å². The highest BCUT2D eigenvalue weighted by atomic mass is 19.1. The number of methoxy groups -OCH3 is 1. The molecule has 132 valence electrons. The van der Waals surface area contributed by atoms with Gasteiger partial charge in [0.2, 0.25) is 0 Å². The molecule has 0 fully saturated rings. The monoisotopic (exact) mass is 348 g/mol. The van der Waals surface area contributed by atoms with Crippen molar-refractivity contribution in [2.45, 2.75) is 13.5 Å². The van der Waals surface area contributed by atoms with Crippen LogP contribution in [0.25, 0.3) is 0 Å². The van der Waals surface area contributed by atoms with Crippen LogP contribution in [-0.2, 0) is 6.54 Å². The number of hydrogen-bond donors (Lipinski definition) is 1. The largest absolute Gasteiger partial charge is 0.493 e. The fourth-order valence-corrected chi connectivity index (χ4v) is 2.23. The van der Waals surface area contributed by atoms with E-state index in [9.17, 15) is 19.3 Å². The third kappa shape index (κ3) is 4.43. The lowest BCUT2D eigenvalue weighted by atomic mass is 10.1. The Hall–Kier alpha value is -3.16. The Bertz CT molecular complexity index is 795. The molecule has 0 atom stereocenters. The number of nitro groups is 1. The molecule has 0 radical (unpaired) electrons. The van der Waals surface area contributed by atoms with Crippen LogP contribution in [0.15, 0.2) is 36.4 Å². The van der Waals surface area contributed by atoms with Crippen molar-refractivity contribution in [3.8, 4) is 11.5 Å². The first-order valence-corrected chi connectivity index (χ1v) is 7.48. The van der Waals surface area contributed by atoms with Crippen LogP contribution in [0, 0.1) is 15.9 Å². The molecule has 25 heavy (non-hydrogen) atoms. The molecule has 0 spiro atoms. The van der Waals surface area contributed by atoms with Crippen molar-refractivity contribution in [3.05, 3.63) is 63.5 Å². The number of carbonyl (C=O) groups is 1. The summed E-state index contributed by atoms with van der Waals surface area (Å²) in [7, 11) is 1.37. The Morgan fingerprint density at radius 1 is 1.28 bits per heavy atom. The molecular formula is C17H17FN2O5. The van der Waals surface area contributed by atoms with E-state index in [-0.39, 0.29) is 23.6 Å². The molecule has 0 aromatic heterocycles. The molecule has 0 heterocycles. The number of nitrogens with one attached hydrogen (secondary N) is 1. The molecule has 0 aliphatic rings. The number of carbonyl (C=O) groups excluding carboxylic acids is 1. The van der Waals surface area contributed by atoms with Crippen LogP contribution in [0.3, 0.4) is 0 Å². The molecule has 1 N–H and O–H groups in total. The van der Waals surface area contributed by atoms with Crippen LogP contribution < -0.4 is 14.8 Å². The van der Waals surface area contributed by atoms with E-state index in [1.54, 1.807) is 13.0 Å². The van der Waals surface area contributed by atoms with Gasteiger partial charge in [-0.3, -0.25) is 14.9 Å². The van der Waals surface area contributed by atoms with Gasteiger partial charge in [-0.2, -0.15) is 0 Å². The minimum absolute atomic E-state index is 0.0310. The molecule has 7 nitrogen and oxygen atoms in total. The van der Waals surface area contributed by atoms with Gasteiger partial charge in [-0.05, 0) is 24.6 Å². The number of amides is 1. The molecule has 1 amide bonds. The predicted octanol–water partition coefficient (Wildman–Crippen LogP) is 3.07. The number of halogens is 1. The standard InChI is InChI=1S/C17H17FN2O5/c1-3-25-16-9-14(20(22)23)13(8-15(16)24-2)17(21)19-10-11-5-4-6-12(18)7-11/h4-9H,3,10H2,1-2H3,(H,19,21). The van der Waals surface area contributed by atoms with Gasteiger partial charge in [0.15, 0.2) is 11.5 Å². The van der Waals surface area contributed by atoms with Gasteiger partial charge in [-0.15, -0.1) is 0 Å². The summed E-state index contributed by atoms with van der Waals surface area (Å²) < 4.78 is 23.6. The molecule has 0 saturated heterocycles. The van der Waals surface area contributed by atoms with Gasteiger partial charge in [0.1, 0.15) is 11.4 Å². The smallest absolute Gasteiger partial charge is 0.286 e. The minimum atomic E-state index is -0.669. The molecule has 2 rings (SSSR count). The van der Waals surface area contributed by atoms with Crippen molar-refractivity contribution in [2.24, 2.45) is 0 Å². The molecular weight excluding hydrogens is 331 g/mol. The van der Waals surface area contributed by atoms with Gasteiger partial charge in [-0.25, -0.2) is 4.39 Å². The van der Waals surface area contributed by atoms with Crippen LogP contribution in [0.2, 0.25) is 0 Å². The lowest BCUT2D eigenvalue weighted by molar-refractivity contribution is -0.385. The fraction of sp³-hybridized carbons (Fsp3) is 0.235. The summed E-state index contributed by atoms with van der Waals surface area (Å²) in [5.74, 6) is -0.709. The number of benzene rings is 2. The Kier molecular flexibility index (Phi) is 5.89. The zero-order valence-corrected chi connectivity index (χ0v) is 13.7. The molecule has 2 aromatic rings. The van der Waals surface area contributed by atoms with Crippen molar-refractivity contribution in [1.82, 2.24) is 5.32 Å². The Morgan fingerprint density at radius 2 is 2.04 bits per heavy atom. The zero-order valence-electron chi connectivity index (χ0n) is 13.7.